The van der Waals surface area contributed by atoms with E-state index < -0.39 is 6.10 Å². The van der Waals surface area contributed by atoms with Crippen molar-refractivity contribution in [2.45, 2.75) is 32.3 Å². The van der Waals surface area contributed by atoms with E-state index in [1.54, 1.807) is 0 Å². The number of benzene rings is 2. The maximum Gasteiger partial charge on any atom is 0.0855 e. The highest BCUT2D eigenvalue weighted by Gasteiger charge is 2.17. The van der Waals surface area contributed by atoms with Crippen molar-refractivity contribution in [3.05, 3.63) is 71.3 Å². The zero-order valence-electron chi connectivity index (χ0n) is 11.0. The third-order valence-corrected chi connectivity index (χ3v) is 3.53. The quantitative estimate of drug-likeness (QED) is 0.853. The second-order valence-electron chi connectivity index (χ2n) is 4.74. The summed E-state index contributed by atoms with van der Waals surface area (Å²) in [6.45, 7) is 4.20. The van der Waals surface area contributed by atoms with E-state index in [0.29, 0.717) is 0 Å². The minimum Gasteiger partial charge on any atom is -0.388 e. The third kappa shape index (κ3) is 2.80. The summed E-state index contributed by atoms with van der Waals surface area (Å²) in [5.74, 6) is 0.110. The maximum absolute atomic E-state index is 10.4. The van der Waals surface area contributed by atoms with Crippen LogP contribution in [-0.2, 0) is 6.42 Å². The molecule has 2 aromatic rings. The normalized spacial score (nSPS) is 14.2. The largest absolute Gasteiger partial charge is 0.388 e. The summed E-state index contributed by atoms with van der Waals surface area (Å²) in [6.07, 6.45) is 0.586. The minimum atomic E-state index is -0.446. The first kappa shape index (κ1) is 12.8. The van der Waals surface area contributed by atoms with E-state index in [1.165, 1.54) is 11.1 Å². The average Bonchev–Trinajstić information content (AvgIpc) is 2.47. The molecule has 0 aliphatic carbocycles. The van der Waals surface area contributed by atoms with Crippen molar-refractivity contribution in [2.24, 2.45) is 0 Å². The van der Waals surface area contributed by atoms with E-state index in [1.807, 2.05) is 30.3 Å². The molecule has 0 aliphatic rings. The lowest BCUT2D eigenvalue weighted by Crippen LogP contribution is -2.07. The summed E-state index contributed by atoms with van der Waals surface area (Å²) in [6, 6.07) is 18.4. The van der Waals surface area contributed by atoms with Gasteiger partial charge in [-0.15, -0.1) is 0 Å². The Morgan fingerprint density at radius 1 is 0.889 bits per heavy atom. The Morgan fingerprint density at radius 3 is 2.06 bits per heavy atom. The maximum atomic E-state index is 10.4. The van der Waals surface area contributed by atoms with Gasteiger partial charge in [-0.3, -0.25) is 0 Å². The van der Waals surface area contributed by atoms with Crippen LogP contribution in [0.1, 0.15) is 42.6 Å². The molecular weight excluding hydrogens is 220 g/mol. The predicted octanol–water partition coefficient (Wildman–Crippen LogP) is 4.09. The van der Waals surface area contributed by atoms with E-state index in [-0.39, 0.29) is 5.92 Å². The highest BCUT2D eigenvalue weighted by molar-refractivity contribution is 5.28. The van der Waals surface area contributed by atoms with Crippen molar-refractivity contribution in [3.8, 4) is 0 Å². The number of aliphatic hydroxyl groups is 1. The van der Waals surface area contributed by atoms with Crippen molar-refractivity contribution in [1.82, 2.24) is 0 Å². The summed E-state index contributed by atoms with van der Waals surface area (Å²) in [5, 5.41) is 10.4. The number of hydrogen-bond donors (Lipinski definition) is 1. The van der Waals surface area contributed by atoms with E-state index in [4.69, 9.17) is 0 Å². The molecule has 0 fully saturated rings. The van der Waals surface area contributed by atoms with Crippen molar-refractivity contribution in [3.63, 3.8) is 0 Å². The van der Waals surface area contributed by atoms with Gasteiger partial charge in [-0.05, 0) is 23.1 Å². The van der Waals surface area contributed by atoms with Crippen LogP contribution in [-0.4, -0.2) is 5.11 Å². The van der Waals surface area contributed by atoms with Gasteiger partial charge in [-0.1, -0.05) is 68.4 Å². The minimum absolute atomic E-state index is 0.110. The van der Waals surface area contributed by atoms with Gasteiger partial charge in [0.05, 0.1) is 6.10 Å². The fourth-order valence-corrected chi connectivity index (χ4v) is 2.18. The Labute approximate surface area is 109 Å². The van der Waals surface area contributed by atoms with Gasteiger partial charge in [-0.2, -0.15) is 0 Å². The Bertz CT molecular complexity index is 473. The number of aliphatic hydroxyl groups excluding tert-OH is 1. The predicted molar refractivity (Wildman–Crippen MR) is 75.6 cm³/mol. The molecule has 0 bridgehead atoms. The van der Waals surface area contributed by atoms with Crippen molar-refractivity contribution in [2.75, 3.05) is 0 Å². The van der Waals surface area contributed by atoms with E-state index in [2.05, 4.69) is 38.1 Å². The second-order valence-corrected chi connectivity index (χ2v) is 4.74. The highest BCUT2D eigenvalue weighted by atomic mass is 16.3. The Morgan fingerprint density at radius 2 is 1.50 bits per heavy atom. The summed E-state index contributed by atoms with van der Waals surface area (Å²) in [4.78, 5) is 0. The molecule has 2 unspecified atom stereocenters. The molecule has 0 aromatic heterocycles. The first-order chi connectivity index (χ1) is 8.72. The molecule has 2 atom stereocenters. The van der Waals surface area contributed by atoms with Crippen LogP contribution in [0.3, 0.4) is 0 Å². The molecule has 2 rings (SSSR count). The van der Waals surface area contributed by atoms with Gasteiger partial charge in [0.1, 0.15) is 0 Å². The highest BCUT2D eigenvalue weighted by Crippen LogP contribution is 2.30. The van der Waals surface area contributed by atoms with Gasteiger partial charge in [0, 0.05) is 5.92 Å². The second kappa shape index (κ2) is 5.83. The zero-order chi connectivity index (χ0) is 13.0. The topological polar surface area (TPSA) is 20.2 Å². The molecule has 0 saturated carbocycles. The smallest absolute Gasteiger partial charge is 0.0855 e. The lowest BCUT2D eigenvalue weighted by atomic mass is 9.90. The molecule has 2 aromatic carbocycles. The summed E-state index contributed by atoms with van der Waals surface area (Å²) in [7, 11) is 0. The van der Waals surface area contributed by atoms with Gasteiger partial charge >= 0.3 is 0 Å². The van der Waals surface area contributed by atoms with Gasteiger partial charge < -0.3 is 5.11 Å². The zero-order valence-corrected chi connectivity index (χ0v) is 11.0. The first-order valence-corrected chi connectivity index (χ1v) is 6.54. The standard InChI is InChI=1S/C17H20O/c1-3-14-9-11-16(12-10-14)17(18)13(2)15-7-5-4-6-8-15/h4-13,17-18H,3H2,1-2H3. The van der Waals surface area contributed by atoms with Crippen molar-refractivity contribution >= 4 is 0 Å². The van der Waals surface area contributed by atoms with Gasteiger partial charge in [0.15, 0.2) is 0 Å². The molecular formula is C17H20O. The van der Waals surface area contributed by atoms with Crippen molar-refractivity contribution < 1.29 is 5.11 Å². The number of aryl methyl sites for hydroxylation is 1. The Kier molecular flexibility index (Phi) is 4.16. The Hall–Kier alpha value is -1.60. The molecule has 1 N–H and O–H groups in total. The monoisotopic (exact) mass is 240 g/mol. The van der Waals surface area contributed by atoms with E-state index >= 15 is 0 Å². The van der Waals surface area contributed by atoms with Gasteiger partial charge in [0.25, 0.3) is 0 Å². The van der Waals surface area contributed by atoms with Crippen LogP contribution < -0.4 is 0 Å². The number of rotatable bonds is 4. The fourth-order valence-electron chi connectivity index (χ4n) is 2.18. The Balaban J connectivity index is 2.17. The summed E-state index contributed by atoms with van der Waals surface area (Å²) < 4.78 is 0. The lowest BCUT2D eigenvalue weighted by molar-refractivity contribution is 0.151. The molecule has 0 spiro atoms. The first-order valence-electron chi connectivity index (χ1n) is 6.54. The van der Waals surface area contributed by atoms with Crippen LogP contribution in [0.2, 0.25) is 0 Å². The SMILES string of the molecule is CCc1ccc(C(O)C(C)c2ccccc2)cc1. The van der Waals surface area contributed by atoms with E-state index in [0.717, 1.165) is 12.0 Å². The van der Waals surface area contributed by atoms with Crippen LogP contribution in [0, 0.1) is 0 Å². The molecule has 18 heavy (non-hydrogen) atoms. The average molecular weight is 240 g/mol. The summed E-state index contributed by atoms with van der Waals surface area (Å²) in [5.41, 5.74) is 3.46. The van der Waals surface area contributed by atoms with E-state index in [9.17, 15) is 5.11 Å². The molecule has 1 heteroatoms. The number of hydrogen-bond acceptors (Lipinski definition) is 1. The van der Waals surface area contributed by atoms with Crippen molar-refractivity contribution in [1.29, 1.82) is 0 Å². The lowest BCUT2D eigenvalue weighted by Gasteiger charge is -2.20. The third-order valence-electron chi connectivity index (χ3n) is 3.53. The fraction of sp³-hybridized carbons (Fsp3) is 0.294. The molecule has 1 nitrogen and oxygen atoms in total. The molecule has 0 amide bonds. The van der Waals surface area contributed by atoms with Crippen LogP contribution in [0.5, 0.6) is 0 Å². The molecule has 0 heterocycles. The molecule has 0 saturated heterocycles. The van der Waals surface area contributed by atoms with Crippen LogP contribution in [0.4, 0.5) is 0 Å². The molecule has 0 aliphatic heterocycles. The molecule has 94 valence electrons. The van der Waals surface area contributed by atoms with Crippen LogP contribution >= 0.6 is 0 Å². The van der Waals surface area contributed by atoms with Crippen LogP contribution in [0.15, 0.2) is 54.6 Å². The van der Waals surface area contributed by atoms with Gasteiger partial charge in [-0.25, -0.2) is 0 Å². The molecule has 0 radical (unpaired) electrons. The summed E-state index contributed by atoms with van der Waals surface area (Å²) >= 11 is 0. The van der Waals surface area contributed by atoms with Crippen LogP contribution in [0.25, 0.3) is 0 Å². The van der Waals surface area contributed by atoms with Gasteiger partial charge in [0.2, 0.25) is 0 Å².